The van der Waals surface area contributed by atoms with Crippen molar-refractivity contribution in [1.29, 1.82) is 0 Å². The van der Waals surface area contributed by atoms with Gasteiger partial charge in [-0.3, -0.25) is 4.90 Å². The Hall–Kier alpha value is 0.01000. The summed E-state index contributed by atoms with van der Waals surface area (Å²) in [4.78, 5) is 2.66. The molecule has 2 fully saturated rings. The van der Waals surface area contributed by atoms with Crippen molar-refractivity contribution in [3.63, 3.8) is 0 Å². The third-order valence-electron chi connectivity index (χ3n) is 4.35. The zero-order chi connectivity index (χ0) is 12.4. The van der Waals surface area contributed by atoms with Crippen molar-refractivity contribution in [2.75, 3.05) is 26.2 Å². The lowest BCUT2D eigenvalue weighted by Crippen LogP contribution is -2.47. The molecule has 3 rings (SSSR count). The Morgan fingerprint density at radius 1 is 1.05 bits per heavy atom. The molecule has 0 amide bonds. The molecular weight excluding hydrogens is 315 g/mol. The maximum absolute atomic E-state index is 6.01. The highest BCUT2D eigenvalue weighted by atomic mass is 35.5. The molecule has 0 spiro atoms. The van der Waals surface area contributed by atoms with E-state index in [1.807, 2.05) is 12.1 Å². The molecule has 20 heavy (non-hydrogen) atoms. The number of rotatable bonds is 3. The fourth-order valence-corrected chi connectivity index (χ4v) is 3.28. The minimum atomic E-state index is 0. The molecule has 1 aliphatic heterocycles. The predicted molar refractivity (Wildman–Crippen MR) is 90.5 cm³/mol. The second kappa shape index (κ2) is 8.45. The van der Waals surface area contributed by atoms with Crippen LogP contribution in [0.2, 0.25) is 5.02 Å². The molecule has 0 unspecified atom stereocenters. The van der Waals surface area contributed by atoms with E-state index in [1.54, 1.807) is 0 Å². The maximum Gasteiger partial charge on any atom is 0.0406 e. The minimum Gasteiger partial charge on any atom is -0.314 e. The van der Waals surface area contributed by atoms with Crippen LogP contribution >= 0.6 is 36.4 Å². The van der Waals surface area contributed by atoms with Gasteiger partial charge in [0.1, 0.15) is 0 Å². The summed E-state index contributed by atoms with van der Waals surface area (Å²) < 4.78 is 0. The number of benzene rings is 1. The molecule has 0 bridgehead atoms. The quantitative estimate of drug-likeness (QED) is 0.899. The Bertz CT molecular complexity index is 387. The van der Waals surface area contributed by atoms with E-state index in [4.69, 9.17) is 11.6 Å². The topological polar surface area (TPSA) is 15.3 Å². The van der Waals surface area contributed by atoms with Crippen molar-refractivity contribution < 1.29 is 0 Å². The molecule has 0 radical (unpaired) electrons. The summed E-state index contributed by atoms with van der Waals surface area (Å²) in [6.07, 6.45) is 4.18. The van der Waals surface area contributed by atoms with Gasteiger partial charge < -0.3 is 5.32 Å². The molecule has 1 aliphatic carbocycles. The van der Waals surface area contributed by atoms with Gasteiger partial charge in [0.05, 0.1) is 0 Å². The highest BCUT2D eigenvalue weighted by Crippen LogP contribution is 2.41. The largest absolute Gasteiger partial charge is 0.314 e. The van der Waals surface area contributed by atoms with E-state index in [0.29, 0.717) is 6.04 Å². The molecule has 1 atom stereocenters. The van der Waals surface area contributed by atoms with E-state index in [9.17, 15) is 0 Å². The van der Waals surface area contributed by atoms with E-state index < -0.39 is 0 Å². The number of nitrogens with one attached hydrogen (secondary N) is 1. The molecule has 1 aromatic carbocycles. The van der Waals surface area contributed by atoms with Gasteiger partial charge >= 0.3 is 0 Å². The first-order valence-electron chi connectivity index (χ1n) is 7.05. The Kier molecular flexibility index (Phi) is 7.63. The average molecular weight is 338 g/mol. The average Bonchev–Trinajstić information content (AvgIpc) is 2.36. The lowest BCUT2D eigenvalue weighted by molar-refractivity contribution is 0.0837. The molecule has 1 aromatic rings. The van der Waals surface area contributed by atoms with Gasteiger partial charge in [0.2, 0.25) is 0 Å². The molecular formula is C15H23Cl3N2. The highest BCUT2D eigenvalue weighted by molar-refractivity contribution is 6.30. The van der Waals surface area contributed by atoms with Crippen LogP contribution in [0.4, 0.5) is 0 Å². The van der Waals surface area contributed by atoms with Crippen LogP contribution in [0.3, 0.4) is 0 Å². The fourth-order valence-electron chi connectivity index (χ4n) is 3.16. The van der Waals surface area contributed by atoms with Crippen LogP contribution < -0.4 is 5.32 Å². The Morgan fingerprint density at radius 3 is 2.15 bits per heavy atom. The van der Waals surface area contributed by atoms with Gasteiger partial charge in [-0.25, -0.2) is 0 Å². The van der Waals surface area contributed by atoms with Crippen LogP contribution in [0.5, 0.6) is 0 Å². The second-order valence-electron chi connectivity index (χ2n) is 5.47. The molecule has 2 aliphatic rings. The fraction of sp³-hybridized carbons (Fsp3) is 0.600. The van der Waals surface area contributed by atoms with Crippen LogP contribution in [-0.4, -0.2) is 31.1 Å². The molecule has 2 nitrogen and oxygen atoms in total. The summed E-state index contributed by atoms with van der Waals surface area (Å²) in [6, 6.07) is 9.11. The normalized spacial score (nSPS) is 21.2. The number of nitrogens with zero attached hydrogens (tertiary/aromatic N) is 1. The third-order valence-corrected chi connectivity index (χ3v) is 4.60. The number of hydrogen-bond acceptors (Lipinski definition) is 2. The van der Waals surface area contributed by atoms with Gasteiger partial charge in [-0.15, -0.1) is 24.8 Å². The van der Waals surface area contributed by atoms with E-state index in [-0.39, 0.29) is 24.8 Å². The number of hydrogen-bond donors (Lipinski definition) is 1. The van der Waals surface area contributed by atoms with Gasteiger partial charge in [-0.1, -0.05) is 30.2 Å². The molecule has 1 heterocycles. The smallest absolute Gasteiger partial charge is 0.0406 e. The SMILES string of the molecule is Cl.Cl.Clc1ccc([C@H](C2CCC2)N2CCNCC2)cc1. The Balaban J connectivity index is 0.000001000. The molecule has 0 aromatic heterocycles. The molecule has 1 saturated heterocycles. The zero-order valence-electron chi connectivity index (χ0n) is 11.6. The van der Waals surface area contributed by atoms with E-state index in [2.05, 4.69) is 22.3 Å². The Labute approximate surface area is 139 Å². The summed E-state index contributed by atoms with van der Waals surface area (Å²) in [5.41, 5.74) is 1.45. The minimum absolute atomic E-state index is 0. The first kappa shape index (κ1) is 18.1. The highest BCUT2D eigenvalue weighted by Gasteiger charge is 2.33. The van der Waals surface area contributed by atoms with Crippen molar-refractivity contribution >= 4 is 36.4 Å². The van der Waals surface area contributed by atoms with Crippen molar-refractivity contribution in [2.24, 2.45) is 5.92 Å². The van der Waals surface area contributed by atoms with E-state index in [0.717, 1.165) is 24.0 Å². The van der Waals surface area contributed by atoms with Crippen molar-refractivity contribution in [2.45, 2.75) is 25.3 Å². The zero-order valence-corrected chi connectivity index (χ0v) is 13.9. The van der Waals surface area contributed by atoms with Gasteiger partial charge in [0, 0.05) is 37.2 Å². The number of halogens is 3. The van der Waals surface area contributed by atoms with Gasteiger partial charge in [-0.2, -0.15) is 0 Å². The molecule has 5 heteroatoms. The maximum atomic E-state index is 6.01. The second-order valence-corrected chi connectivity index (χ2v) is 5.91. The molecule has 114 valence electrons. The van der Waals surface area contributed by atoms with Crippen molar-refractivity contribution in [3.05, 3.63) is 34.9 Å². The summed E-state index contributed by atoms with van der Waals surface area (Å²) in [6.45, 7) is 4.58. The van der Waals surface area contributed by atoms with Crippen molar-refractivity contribution in [1.82, 2.24) is 10.2 Å². The van der Waals surface area contributed by atoms with Gasteiger partial charge in [-0.05, 0) is 36.5 Å². The lowest BCUT2D eigenvalue weighted by atomic mass is 9.76. The molecule has 1 N–H and O–H groups in total. The first-order chi connectivity index (χ1) is 8.84. The monoisotopic (exact) mass is 336 g/mol. The van der Waals surface area contributed by atoms with Crippen LogP contribution in [-0.2, 0) is 0 Å². The summed E-state index contributed by atoms with van der Waals surface area (Å²) >= 11 is 6.01. The van der Waals surface area contributed by atoms with Crippen LogP contribution in [0.25, 0.3) is 0 Å². The van der Waals surface area contributed by atoms with E-state index in [1.165, 1.54) is 37.9 Å². The first-order valence-corrected chi connectivity index (χ1v) is 7.42. The third kappa shape index (κ3) is 4.02. The van der Waals surface area contributed by atoms with Gasteiger partial charge in [0.25, 0.3) is 0 Å². The van der Waals surface area contributed by atoms with Gasteiger partial charge in [0.15, 0.2) is 0 Å². The van der Waals surface area contributed by atoms with Crippen LogP contribution in [0.1, 0.15) is 30.9 Å². The molecule has 1 saturated carbocycles. The van der Waals surface area contributed by atoms with E-state index >= 15 is 0 Å². The summed E-state index contributed by atoms with van der Waals surface area (Å²) in [7, 11) is 0. The predicted octanol–water partition coefficient (Wildman–Crippen LogP) is 3.93. The Morgan fingerprint density at radius 2 is 1.65 bits per heavy atom. The number of piperazine rings is 1. The van der Waals surface area contributed by atoms with Crippen molar-refractivity contribution in [3.8, 4) is 0 Å². The summed E-state index contributed by atoms with van der Waals surface area (Å²) in [5.74, 6) is 0.851. The van der Waals surface area contributed by atoms with Crippen LogP contribution in [0.15, 0.2) is 24.3 Å². The van der Waals surface area contributed by atoms with Crippen LogP contribution in [0, 0.1) is 5.92 Å². The summed E-state index contributed by atoms with van der Waals surface area (Å²) in [5, 5.41) is 4.28. The lowest BCUT2D eigenvalue weighted by Gasteiger charge is -2.43. The standard InChI is InChI=1S/C15H21ClN2.2ClH/c16-14-6-4-13(5-7-14)15(12-2-1-3-12)18-10-8-17-9-11-18;;/h4-7,12,15,17H,1-3,8-11H2;2*1H/t15-;;/m0../s1.